The molecule has 0 bridgehead atoms. The molecule has 2 heterocycles. The van der Waals surface area contributed by atoms with Crippen LogP contribution in [-0.4, -0.2) is 57.8 Å². The highest BCUT2D eigenvalue weighted by Gasteiger charge is 2.66. The third kappa shape index (κ3) is 4.83. The molecule has 44 heavy (non-hydrogen) atoms. The van der Waals surface area contributed by atoms with Crippen molar-refractivity contribution < 1.29 is 33.3 Å². The number of benzene rings is 4. The van der Waals surface area contributed by atoms with Crippen molar-refractivity contribution in [1.29, 1.82) is 0 Å². The number of nitrogens with zero attached hydrogens (tertiary/aromatic N) is 2. The third-order valence-corrected chi connectivity index (χ3v) is 8.33. The quantitative estimate of drug-likeness (QED) is 0.232. The van der Waals surface area contributed by atoms with Gasteiger partial charge in [-0.3, -0.25) is 9.59 Å². The van der Waals surface area contributed by atoms with Crippen molar-refractivity contribution in [3.8, 4) is 28.7 Å². The number of β-lactam (4-membered cyclic amide) rings is 1. The van der Waals surface area contributed by atoms with Crippen LogP contribution in [0.3, 0.4) is 0 Å². The maximum atomic E-state index is 14.1. The Hall–Kier alpha value is -4.89. The second kappa shape index (κ2) is 11.7. The molecule has 0 N–H and O–H groups in total. The van der Waals surface area contributed by atoms with Crippen molar-refractivity contribution in [3.05, 3.63) is 107 Å². The topological polar surface area (TPSA) is 86.8 Å². The number of ether oxygens (including phenoxy) is 5. The van der Waals surface area contributed by atoms with Gasteiger partial charge in [-0.2, -0.15) is 0 Å². The standard InChI is InChI=1S/C34H31ClN2O7/c1-40-24-12-21(13-25(15-24)41-2)19-36-30-11-10-23(35)14-29(30)34(22-8-6-5-7-9-22)32(33(39)37(34)20-31(36)38)44-28-17-26(42-3)16-27(18-28)43-4/h5-18,32H,19-20H2,1-4H3/t32-,34-/m1/s1. The van der Waals surface area contributed by atoms with Crippen molar-refractivity contribution in [3.63, 3.8) is 0 Å². The Balaban J connectivity index is 1.53. The lowest BCUT2D eigenvalue weighted by Crippen LogP contribution is -2.74. The minimum atomic E-state index is -1.18. The highest BCUT2D eigenvalue weighted by atomic mass is 35.5. The lowest BCUT2D eigenvalue weighted by atomic mass is 9.69. The number of hydrogen-bond donors (Lipinski definition) is 0. The van der Waals surface area contributed by atoms with Crippen molar-refractivity contribution >= 4 is 29.1 Å². The van der Waals surface area contributed by atoms with Gasteiger partial charge in [0.05, 0.1) is 40.7 Å². The van der Waals surface area contributed by atoms with Gasteiger partial charge in [0.1, 0.15) is 40.8 Å². The minimum absolute atomic E-state index is 0.178. The third-order valence-electron chi connectivity index (χ3n) is 8.09. The fourth-order valence-electron chi connectivity index (χ4n) is 6.05. The lowest BCUT2D eigenvalue weighted by molar-refractivity contribution is -0.177. The van der Waals surface area contributed by atoms with Crippen LogP contribution in [0.2, 0.25) is 5.02 Å². The van der Waals surface area contributed by atoms with Crippen LogP contribution in [0.25, 0.3) is 0 Å². The molecule has 2 amide bonds. The zero-order chi connectivity index (χ0) is 31.0. The Morgan fingerprint density at radius 1 is 0.750 bits per heavy atom. The van der Waals surface area contributed by atoms with Gasteiger partial charge < -0.3 is 33.5 Å². The van der Waals surface area contributed by atoms with Crippen LogP contribution in [0.1, 0.15) is 16.7 Å². The predicted molar refractivity (Wildman–Crippen MR) is 165 cm³/mol. The summed E-state index contributed by atoms with van der Waals surface area (Å²) in [4.78, 5) is 31.3. The van der Waals surface area contributed by atoms with Gasteiger partial charge in [-0.15, -0.1) is 0 Å². The molecule has 1 saturated heterocycles. The second-order valence-electron chi connectivity index (χ2n) is 10.5. The Morgan fingerprint density at radius 3 is 1.91 bits per heavy atom. The first-order valence-corrected chi connectivity index (χ1v) is 14.3. The molecular weight excluding hydrogens is 584 g/mol. The van der Waals surface area contributed by atoms with Gasteiger partial charge in [0.25, 0.3) is 5.91 Å². The number of anilines is 1. The maximum absolute atomic E-state index is 14.1. The van der Waals surface area contributed by atoms with Crippen LogP contribution in [-0.2, 0) is 21.7 Å². The summed E-state index contributed by atoms with van der Waals surface area (Å²) in [7, 11) is 6.24. The monoisotopic (exact) mass is 614 g/mol. The van der Waals surface area contributed by atoms with E-state index in [-0.39, 0.29) is 24.9 Å². The maximum Gasteiger partial charge on any atom is 0.268 e. The van der Waals surface area contributed by atoms with Crippen LogP contribution in [0.4, 0.5) is 5.69 Å². The molecule has 2 aliphatic rings. The first-order valence-electron chi connectivity index (χ1n) is 13.9. The molecule has 0 unspecified atom stereocenters. The second-order valence-corrected chi connectivity index (χ2v) is 10.9. The zero-order valence-corrected chi connectivity index (χ0v) is 25.5. The molecule has 6 rings (SSSR count). The number of carbonyl (C=O) groups excluding carboxylic acids is 2. The highest BCUT2D eigenvalue weighted by molar-refractivity contribution is 6.30. The summed E-state index contributed by atoms with van der Waals surface area (Å²) in [6.07, 6.45) is -1.02. The largest absolute Gasteiger partial charge is 0.497 e. The van der Waals surface area contributed by atoms with Gasteiger partial charge in [-0.05, 0) is 41.5 Å². The van der Waals surface area contributed by atoms with E-state index in [4.69, 9.17) is 35.3 Å². The van der Waals surface area contributed by atoms with Gasteiger partial charge in [-0.25, -0.2) is 0 Å². The molecule has 1 fully saturated rings. The summed E-state index contributed by atoms with van der Waals surface area (Å²) in [6, 6.07) is 25.5. The SMILES string of the molecule is COc1cc(CN2C(=O)CN3C(=O)[C@@H](Oc4cc(OC)cc(OC)c4)[C@@]3(c3ccccc3)c3cc(Cl)ccc32)cc(OC)c1. The summed E-state index contributed by atoms with van der Waals surface area (Å²) >= 11 is 6.65. The van der Waals surface area contributed by atoms with E-state index in [1.54, 1.807) is 68.6 Å². The normalized spacial score (nSPS) is 18.9. The van der Waals surface area contributed by atoms with E-state index in [9.17, 15) is 9.59 Å². The van der Waals surface area contributed by atoms with Crippen LogP contribution < -0.4 is 28.6 Å². The smallest absolute Gasteiger partial charge is 0.268 e. The number of amides is 2. The average Bonchev–Trinajstić information content (AvgIpc) is 3.14. The first-order chi connectivity index (χ1) is 21.3. The summed E-state index contributed by atoms with van der Waals surface area (Å²) < 4.78 is 28.3. The fraction of sp³-hybridized carbons (Fsp3) is 0.235. The molecule has 2 atom stereocenters. The number of carbonyl (C=O) groups is 2. The number of fused-ring (bicyclic) bond motifs is 3. The molecule has 0 aliphatic carbocycles. The summed E-state index contributed by atoms with van der Waals surface area (Å²) in [6.45, 7) is 0.0228. The van der Waals surface area contributed by atoms with E-state index < -0.39 is 11.6 Å². The summed E-state index contributed by atoms with van der Waals surface area (Å²) in [5.41, 5.74) is 1.66. The molecular formula is C34H31ClN2O7. The van der Waals surface area contributed by atoms with Gasteiger partial charge in [-0.1, -0.05) is 41.9 Å². The average molecular weight is 615 g/mol. The fourth-order valence-corrected chi connectivity index (χ4v) is 6.22. The molecule has 4 aromatic carbocycles. The van der Waals surface area contributed by atoms with Gasteiger partial charge in [0, 0.05) is 34.9 Å². The van der Waals surface area contributed by atoms with Crippen molar-refractivity contribution in [2.45, 2.75) is 18.2 Å². The number of methoxy groups -OCH3 is 4. The van der Waals surface area contributed by atoms with Crippen molar-refractivity contribution in [2.75, 3.05) is 39.9 Å². The summed E-state index contributed by atoms with van der Waals surface area (Å²) in [5, 5.41) is 0.456. The van der Waals surface area contributed by atoms with E-state index >= 15 is 0 Å². The summed E-state index contributed by atoms with van der Waals surface area (Å²) in [5.74, 6) is 2.00. The molecule has 2 aliphatic heterocycles. The van der Waals surface area contributed by atoms with Crippen LogP contribution in [0.5, 0.6) is 28.7 Å². The number of halogens is 1. The molecule has 0 aromatic heterocycles. The van der Waals surface area contributed by atoms with Crippen LogP contribution >= 0.6 is 11.6 Å². The minimum Gasteiger partial charge on any atom is -0.497 e. The zero-order valence-electron chi connectivity index (χ0n) is 24.7. The van der Waals surface area contributed by atoms with E-state index in [0.29, 0.717) is 45.0 Å². The van der Waals surface area contributed by atoms with E-state index in [0.717, 1.165) is 11.1 Å². The van der Waals surface area contributed by atoms with Crippen LogP contribution in [0.15, 0.2) is 84.9 Å². The van der Waals surface area contributed by atoms with Gasteiger partial charge in [0.15, 0.2) is 0 Å². The Morgan fingerprint density at radius 2 is 1.32 bits per heavy atom. The Kier molecular flexibility index (Phi) is 7.73. The Bertz CT molecular complexity index is 1690. The predicted octanol–water partition coefficient (Wildman–Crippen LogP) is 5.45. The lowest BCUT2D eigenvalue weighted by Gasteiger charge is -2.56. The first kappa shape index (κ1) is 29.2. The Labute approximate surface area is 260 Å². The van der Waals surface area contributed by atoms with Gasteiger partial charge >= 0.3 is 0 Å². The number of hydrogen-bond acceptors (Lipinski definition) is 7. The molecule has 0 radical (unpaired) electrons. The molecule has 9 nitrogen and oxygen atoms in total. The van der Waals surface area contributed by atoms with Crippen LogP contribution in [0, 0.1) is 0 Å². The van der Waals surface area contributed by atoms with Gasteiger partial charge in [0.2, 0.25) is 12.0 Å². The molecule has 0 saturated carbocycles. The molecule has 0 spiro atoms. The van der Waals surface area contributed by atoms with Crippen molar-refractivity contribution in [1.82, 2.24) is 4.90 Å². The van der Waals surface area contributed by atoms with E-state index in [2.05, 4.69) is 0 Å². The molecule has 4 aromatic rings. The molecule has 10 heteroatoms. The highest BCUT2D eigenvalue weighted by Crippen LogP contribution is 2.54. The van der Waals surface area contributed by atoms with E-state index in [1.807, 2.05) is 54.6 Å². The number of rotatable bonds is 9. The van der Waals surface area contributed by atoms with Crippen molar-refractivity contribution in [2.24, 2.45) is 0 Å². The van der Waals surface area contributed by atoms with E-state index in [1.165, 1.54) is 0 Å². The molecule has 226 valence electrons.